The third-order valence-corrected chi connectivity index (χ3v) is 3.61. The van der Waals surface area contributed by atoms with Crippen LogP contribution < -0.4 is 5.32 Å². The van der Waals surface area contributed by atoms with Gasteiger partial charge >= 0.3 is 0 Å². The molecule has 2 unspecified atom stereocenters. The van der Waals surface area contributed by atoms with Crippen molar-refractivity contribution in [3.63, 3.8) is 0 Å². The fourth-order valence-corrected chi connectivity index (χ4v) is 2.31. The van der Waals surface area contributed by atoms with Crippen molar-refractivity contribution < 1.29 is 9.59 Å². The van der Waals surface area contributed by atoms with E-state index in [-0.39, 0.29) is 17.2 Å². The van der Waals surface area contributed by atoms with Crippen LogP contribution in [-0.4, -0.2) is 33.8 Å². The molecular formula is C15H21N3O2. The Labute approximate surface area is 119 Å². The third-order valence-electron chi connectivity index (χ3n) is 3.61. The highest BCUT2D eigenvalue weighted by Gasteiger charge is 2.43. The summed E-state index contributed by atoms with van der Waals surface area (Å²) in [7, 11) is 0. The molecule has 1 aliphatic rings. The van der Waals surface area contributed by atoms with Crippen molar-refractivity contribution in [3.8, 4) is 0 Å². The average Bonchev–Trinajstić information content (AvgIpc) is 2.39. The number of nitrogens with one attached hydrogen (secondary N) is 1. The van der Waals surface area contributed by atoms with Gasteiger partial charge in [0, 0.05) is 18.9 Å². The van der Waals surface area contributed by atoms with Gasteiger partial charge < -0.3 is 10.2 Å². The van der Waals surface area contributed by atoms with Gasteiger partial charge in [0.05, 0.1) is 0 Å². The van der Waals surface area contributed by atoms with E-state index in [0.29, 0.717) is 6.54 Å². The van der Waals surface area contributed by atoms with E-state index in [1.807, 2.05) is 32.9 Å². The highest BCUT2D eigenvalue weighted by molar-refractivity contribution is 5.97. The minimum Gasteiger partial charge on any atom is -0.342 e. The zero-order valence-electron chi connectivity index (χ0n) is 12.4. The molecule has 1 aromatic heterocycles. The predicted octanol–water partition coefficient (Wildman–Crippen LogP) is 1.34. The molecule has 0 bridgehead atoms. The first kappa shape index (κ1) is 14.5. The van der Waals surface area contributed by atoms with Crippen LogP contribution in [0.2, 0.25) is 0 Å². The number of piperazine rings is 1. The van der Waals surface area contributed by atoms with Crippen LogP contribution in [0.1, 0.15) is 33.3 Å². The Morgan fingerprint density at radius 3 is 2.60 bits per heavy atom. The van der Waals surface area contributed by atoms with E-state index < -0.39 is 12.1 Å². The zero-order chi connectivity index (χ0) is 14.9. The van der Waals surface area contributed by atoms with Crippen LogP contribution in [0.15, 0.2) is 24.5 Å². The summed E-state index contributed by atoms with van der Waals surface area (Å²) in [5, 5.41) is 2.83. The molecule has 1 N–H and O–H groups in total. The van der Waals surface area contributed by atoms with Crippen LogP contribution in [-0.2, 0) is 16.1 Å². The Morgan fingerprint density at radius 2 is 2.05 bits per heavy atom. The van der Waals surface area contributed by atoms with E-state index in [0.717, 1.165) is 5.56 Å². The van der Waals surface area contributed by atoms with E-state index in [4.69, 9.17) is 0 Å². The Morgan fingerprint density at radius 1 is 1.35 bits per heavy atom. The van der Waals surface area contributed by atoms with Crippen molar-refractivity contribution in [2.75, 3.05) is 0 Å². The maximum atomic E-state index is 12.6. The summed E-state index contributed by atoms with van der Waals surface area (Å²) in [5.74, 6) is -0.137. The van der Waals surface area contributed by atoms with E-state index in [1.54, 1.807) is 24.2 Å². The number of hydrogen-bond acceptors (Lipinski definition) is 3. The summed E-state index contributed by atoms with van der Waals surface area (Å²) in [6.45, 7) is 8.02. The second-order valence-electron chi connectivity index (χ2n) is 6.31. The number of hydrogen-bond donors (Lipinski definition) is 1. The molecule has 0 aliphatic carbocycles. The standard InChI is InChI=1S/C15H21N3O2/c1-10-13(19)17-12(15(2,3)4)14(20)18(10)9-11-6-5-7-16-8-11/h5-8,10,12H,9H2,1-4H3,(H,17,19). The minimum absolute atomic E-state index is 0.0338. The minimum atomic E-state index is -0.483. The number of pyridine rings is 1. The molecular weight excluding hydrogens is 254 g/mol. The van der Waals surface area contributed by atoms with Gasteiger partial charge in [0.2, 0.25) is 11.8 Å². The van der Waals surface area contributed by atoms with Gasteiger partial charge in [-0.3, -0.25) is 14.6 Å². The summed E-state index contributed by atoms with van der Waals surface area (Å²) in [4.78, 5) is 30.4. The predicted molar refractivity (Wildman–Crippen MR) is 75.6 cm³/mol. The molecule has 2 rings (SSSR count). The monoisotopic (exact) mass is 275 g/mol. The van der Waals surface area contributed by atoms with Gasteiger partial charge in [0.25, 0.3) is 0 Å². The highest BCUT2D eigenvalue weighted by Crippen LogP contribution is 2.26. The molecule has 1 aromatic rings. The molecule has 20 heavy (non-hydrogen) atoms. The Kier molecular flexibility index (Phi) is 3.79. The van der Waals surface area contributed by atoms with Gasteiger partial charge in [-0.2, -0.15) is 0 Å². The van der Waals surface area contributed by atoms with E-state index in [2.05, 4.69) is 10.3 Å². The third kappa shape index (κ3) is 2.81. The topological polar surface area (TPSA) is 62.3 Å². The largest absolute Gasteiger partial charge is 0.342 e. The molecule has 1 aliphatic heterocycles. The maximum absolute atomic E-state index is 12.6. The molecule has 1 saturated heterocycles. The van der Waals surface area contributed by atoms with Crippen molar-refractivity contribution in [3.05, 3.63) is 30.1 Å². The first-order chi connectivity index (χ1) is 9.30. The molecule has 0 saturated carbocycles. The fourth-order valence-electron chi connectivity index (χ4n) is 2.31. The SMILES string of the molecule is CC1C(=O)NC(C(C)(C)C)C(=O)N1Cc1cccnc1. The molecule has 2 atom stereocenters. The van der Waals surface area contributed by atoms with Crippen LogP contribution in [0.25, 0.3) is 0 Å². The lowest BCUT2D eigenvalue weighted by atomic mass is 9.84. The van der Waals surface area contributed by atoms with Crippen LogP contribution in [0.4, 0.5) is 0 Å². The smallest absolute Gasteiger partial charge is 0.246 e. The van der Waals surface area contributed by atoms with Crippen LogP contribution >= 0.6 is 0 Å². The van der Waals surface area contributed by atoms with E-state index >= 15 is 0 Å². The number of rotatable bonds is 2. The summed E-state index contributed by atoms with van der Waals surface area (Å²) < 4.78 is 0. The molecule has 2 amide bonds. The second kappa shape index (κ2) is 5.23. The Balaban J connectivity index is 2.25. The second-order valence-corrected chi connectivity index (χ2v) is 6.31. The van der Waals surface area contributed by atoms with E-state index in [1.165, 1.54) is 0 Å². The van der Waals surface area contributed by atoms with Gasteiger partial charge in [0.15, 0.2) is 0 Å². The van der Waals surface area contributed by atoms with E-state index in [9.17, 15) is 9.59 Å². The molecule has 108 valence electrons. The highest BCUT2D eigenvalue weighted by atomic mass is 16.2. The summed E-state index contributed by atoms with van der Waals surface area (Å²) in [6.07, 6.45) is 3.41. The molecule has 1 fully saturated rings. The first-order valence-electron chi connectivity index (χ1n) is 6.80. The average molecular weight is 275 g/mol. The van der Waals surface area contributed by atoms with Gasteiger partial charge in [0.1, 0.15) is 12.1 Å². The van der Waals surface area contributed by atoms with Crippen molar-refractivity contribution >= 4 is 11.8 Å². The fraction of sp³-hybridized carbons (Fsp3) is 0.533. The molecule has 2 heterocycles. The lowest BCUT2D eigenvalue weighted by Gasteiger charge is -2.42. The van der Waals surface area contributed by atoms with Gasteiger partial charge in [-0.05, 0) is 24.0 Å². The van der Waals surface area contributed by atoms with Gasteiger partial charge in [-0.1, -0.05) is 26.8 Å². The van der Waals surface area contributed by atoms with Crippen LogP contribution in [0.3, 0.4) is 0 Å². The van der Waals surface area contributed by atoms with Crippen molar-refractivity contribution in [2.45, 2.75) is 46.3 Å². The number of amides is 2. The van der Waals surface area contributed by atoms with Crippen molar-refractivity contribution in [1.29, 1.82) is 0 Å². The molecule has 0 radical (unpaired) electrons. The Hall–Kier alpha value is -1.91. The first-order valence-corrected chi connectivity index (χ1v) is 6.80. The van der Waals surface area contributed by atoms with Crippen molar-refractivity contribution in [1.82, 2.24) is 15.2 Å². The summed E-state index contributed by atoms with van der Waals surface area (Å²) >= 11 is 0. The lowest BCUT2D eigenvalue weighted by Crippen LogP contribution is -2.65. The number of aromatic nitrogens is 1. The zero-order valence-corrected chi connectivity index (χ0v) is 12.4. The number of carbonyl (C=O) groups excluding carboxylic acids is 2. The van der Waals surface area contributed by atoms with Gasteiger partial charge in [-0.15, -0.1) is 0 Å². The summed E-state index contributed by atoms with van der Waals surface area (Å²) in [6, 6.07) is 2.80. The molecule has 0 spiro atoms. The number of carbonyl (C=O) groups is 2. The Bertz CT molecular complexity index is 508. The summed E-state index contributed by atoms with van der Waals surface area (Å²) in [5.41, 5.74) is 0.620. The van der Waals surface area contributed by atoms with Crippen LogP contribution in [0, 0.1) is 5.41 Å². The maximum Gasteiger partial charge on any atom is 0.246 e. The molecule has 0 aromatic carbocycles. The van der Waals surface area contributed by atoms with Gasteiger partial charge in [-0.25, -0.2) is 0 Å². The van der Waals surface area contributed by atoms with Crippen LogP contribution in [0.5, 0.6) is 0 Å². The quantitative estimate of drug-likeness (QED) is 0.886. The molecule has 5 nitrogen and oxygen atoms in total. The normalized spacial score (nSPS) is 23.7. The molecule has 5 heteroatoms. The lowest BCUT2D eigenvalue weighted by molar-refractivity contribution is -0.152. The van der Waals surface area contributed by atoms with Crippen molar-refractivity contribution in [2.24, 2.45) is 5.41 Å². The number of nitrogens with zero attached hydrogens (tertiary/aromatic N) is 2.